The van der Waals surface area contributed by atoms with Gasteiger partial charge in [0.1, 0.15) is 5.69 Å². The summed E-state index contributed by atoms with van der Waals surface area (Å²) in [6.07, 6.45) is 2.63. The molecule has 1 aliphatic rings. The molecule has 3 aromatic rings. The first-order valence-electron chi connectivity index (χ1n) is 9.01. The summed E-state index contributed by atoms with van der Waals surface area (Å²) in [7, 11) is 1.89. The smallest absolute Gasteiger partial charge is 0.274 e. The first-order chi connectivity index (χ1) is 13.1. The third-order valence-corrected chi connectivity index (χ3v) is 5.31. The van der Waals surface area contributed by atoms with Crippen molar-refractivity contribution >= 4 is 22.7 Å². The maximum atomic E-state index is 12.9. The molecule has 0 bridgehead atoms. The number of nitrogens with one attached hydrogen (secondary N) is 2. The number of aryl methyl sites for hydroxylation is 2. The van der Waals surface area contributed by atoms with Gasteiger partial charge in [0.25, 0.3) is 11.8 Å². The minimum Gasteiger partial charge on any atom is -0.344 e. The summed E-state index contributed by atoms with van der Waals surface area (Å²) in [5.41, 5.74) is 5.78. The quantitative estimate of drug-likeness (QED) is 0.494. The Balaban J connectivity index is 1.61. The van der Waals surface area contributed by atoms with E-state index in [2.05, 4.69) is 5.32 Å². The third kappa shape index (κ3) is 3.08. The Kier molecular flexibility index (Phi) is 4.41. The lowest BCUT2D eigenvalue weighted by Gasteiger charge is -2.27. The first-order valence-corrected chi connectivity index (χ1v) is 9.01. The van der Waals surface area contributed by atoms with Gasteiger partial charge in [0.05, 0.1) is 6.04 Å². The Morgan fingerprint density at radius 3 is 2.70 bits per heavy atom. The molecule has 27 heavy (non-hydrogen) atoms. The van der Waals surface area contributed by atoms with Gasteiger partial charge < -0.3 is 9.88 Å². The average molecular weight is 363 g/mol. The predicted molar refractivity (Wildman–Crippen MR) is 102 cm³/mol. The second kappa shape index (κ2) is 6.89. The van der Waals surface area contributed by atoms with E-state index >= 15 is 0 Å². The highest BCUT2D eigenvalue weighted by molar-refractivity contribution is 5.99. The number of carbonyl (C=O) groups excluding carboxylic acids is 2. The first kappa shape index (κ1) is 17.3. The van der Waals surface area contributed by atoms with E-state index in [4.69, 9.17) is 5.21 Å². The molecule has 2 amide bonds. The van der Waals surface area contributed by atoms with Gasteiger partial charge in [-0.3, -0.25) is 14.8 Å². The zero-order valence-corrected chi connectivity index (χ0v) is 15.0. The molecule has 0 saturated carbocycles. The Morgan fingerprint density at radius 1 is 1.11 bits per heavy atom. The van der Waals surface area contributed by atoms with Crippen LogP contribution in [0.2, 0.25) is 0 Å². The highest BCUT2D eigenvalue weighted by Gasteiger charge is 2.24. The van der Waals surface area contributed by atoms with Crippen LogP contribution in [-0.2, 0) is 13.5 Å². The van der Waals surface area contributed by atoms with E-state index in [0.29, 0.717) is 11.3 Å². The normalized spacial score (nSPS) is 16.0. The van der Waals surface area contributed by atoms with Crippen LogP contribution in [0.4, 0.5) is 0 Å². The minimum absolute atomic E-state index is 0.0921. The summed E-state index contributed by atoms with van der Waals surface area (Å²) in [5, 5.41) is 13.0. The zero-order chi connectivity index (χ0) is 19.0. The molecule has 1 heterocycles. The maximum Gasteiger partial charge on any atom is 0.274 e. The lowest BCUT2D eigenvalue weighted by Crippen LogP contribution is -2.32. The fourth-order valence-electron chi connectivity index (χ4n) is 3.91. The van der Waals surface area contributed by atoms with Crippen LogP contribution >= 0.6 is 0 Å². The molecular formula is C21H21N3O3. The van der Waals surface area contributed by atoms with Crippen molar-refractivity contribution < 1.29 is 14.8 Å². The van der Waals surface area contributed by atoms with Crippen LogP contribution in [0.1, 0.15) is 50.9 Å². The minimum atomic E-state index is -0.528. The zero-order valence-electron chi connectivity index (χ0n) is 15.0. The van der Waals surface area contributed by atoms with Gasteiger partial charge in [0.15, 0.2) is 0 Å². The summed E-state index contributed by atoms with van der Waals surface area (Å²) in [5.74, 6) is -0.636. The standard InChI is InChI=1S/C21H21N3O3/c1-24-18-8-3-2-5-14(18)12-19(24)21(26)22-17-7-4-6-13-11-15(20(25)23-27)9-10-16(13)17/h2-3,5,8-12,17,27H,4,6-7H2,1H3,(H,22,26)(H,23,25)/t17-/m1/s1. The number of aromatic nitrogens is 1. The SMILES string of the molecule is Cn1c(C(=O)N[C@@H]2CCCc3cc(C(=O)NO)ccc32)cc2ccccc21. The van der Waals surface area contributed by atoms with Crippen LogP contribution in [0.25, 0.3) is 10.9 Å². The number of hydrogen-bond acceptors (Lipinski definition) is 3. The van der Waals surface area contributed by atoms with Crippen LogP contribution in [-0.4, -0.2) is 21.6 Å². The molecule has 0 unspecified atom stereocenters. The highest BCUT2D eigenvalue weighted by atomic mass is 16.5. The second-order valence-electron chi connectivity index (χ2n) is 6.92. The molecule has 6 heteroatoms. The van der Waals surface area contributed by atoms with Gasteiger partial charge in [0.2, 0.25) is 0 Å². The largest absolute Gasteiger partial charge is 0.344 e. The molecule has 1 atom stereocenters. The Hall–Kier alpha value is -3.12. The van der Waals surface area contributed by atoms with Gasteiger partial charge in [-0.05, 0) is 54.7 Å². The summed E-state index contributed by atoms with van der Waals surface area (Å²) in [6.45, 7) is 0. The van der Waals surface area contributed by atoms with E-state index in [9.17, 15) is 9.59 Å². The Morgan fingerprint density at radius 2 is 1.93 bits per heavy atom. The molecule has 0 aliphatic heterocycles. The van der Waals surface area contributed by atoms with Gasteiger partial charge in [-0.2, -0.15) is 0 Å². The molecule has 1 aromatic heterocycles. The number of hydrogen-bond donors (Lipinski definition) is 3. The molecule has 0 radical (unpaired) electrons. The van der Waals surface area contributed by atoms with Crippen molar-refractivity contribution in [3.05, 3.63) is 70.9 Å². The Labute approximate surface area is 156 Å². The highest BCUT2D eigenvalue weighted by Crippen LogP contribution is 2.31. The van der Waals surface area contributed by atoms with Crippen molar-refractivity contribution in [3.8, 4) is 0 Å². The average Bonchev–Trinajstić information content (AvgIpc) is 3.04. The van der Waals surface area contributed by atoms with Gasteiger partial charge in [-0.25, -0.2) is 5.48 Å². The van der Waals surface area contributed by atoms with Crippen molar-refractivity contribution in [1.29, 1.82) is 0 Å². The third-order valence-electron chi connectivity index (χ3n) is 5.31. The fraction of sp³-hybridized carbons (Fsp3) is 0.238. The maximum absolute atomic E-state index is 12.9. The van der Waals surface area contributed by atoms with Crippen molar-refractivity contribution in [1.82, 2.24) is 15.4 Å². The van der Waals surface area contributed by atoms with Gasteiger partial charge in [-0.15, -0.1) is 0 Å². The molecule has 3 N–H and O–H groups in total. The second-order valence-corrected chi connectivity index (χ2v) is 6.92. The predicted octanol–water partition coefficient (Wildman–Crippen LogP) is 3.10. The van der Waals surface area contributed by atoms with Crippen molar-refractivity contribution in [2.75, 3.05) is 0 Å². The lowest BCUT2D eigenvalue weighted by atomic mass is 9.86. The van der Waals surface area contributed by atoms with E-state index < -0.39 is 5.91 Å². The van der Waals surface area contributed by atoms with Crippen LogP contribution in [0.3, 0.4) is 0 Å². The lowest BCUT2D eigenvalue weighted by molar-refractivity contribution is 0.0706. The van der Waals surface area contributed by atoms with Crippen LogP contribution in [0.15, 0.2) is 48.5 Å². The van der Waals surface area contributed by atoms with Gasteiger partial charge in [0, 0.05) is 23.5 Å². The number of fused-ring (bicyclic) bond motifs is 2. The van der Waals surface area contributed by atoms with Crippen molar-refractivity contribution in [2.45, 2.75) is 25.3 Å². The van der Waals surface area contributed by atoms with Gasteiger partial charge >= 0.3 is 0 Å². The number of rotatable bonds is 3. The van der Waals surface area contributed by atoms with Crippen LogP contribution < -0.4 is 10.8 Å². The molecule has 2 aromatic carbocycles. The fourth-order valence-corrected chi connectivity index (χ4v) is 3.91. The topological polar surface area (TPSA) is 83.4 Å². The molecule has 0 fully saturated rings. The van der Waals surface area contributed by atoms with E-state index in [1.54, 1.807) is 17.6 Å². The summed E-state index contributed by atoms with van der Waals surface area (Å²) in [4.78, 5) is 24.5. The molecule has 0 saturated heterocycles. The molecule has 6 nitrogen and oxygen atoms in total. The summed E-state index contributed by atoms with van der Waals surface area (Å²) >= 11 is 0. The van der Waals surface area contributed by atoms with E-state index in [-0.39, 0.29) is 11.9 Å². The monoisotopic (exact) mass is 363 g/mol. The number of hydroxylamine groups is 1. The number of benzene rings is 2. The Bertz CT molecular complexity index is 1040. The number of carbonyl (C=O) groups is 2. The number of para-hydroxylation sites is 1. The van der Waals surface area contributed by atoms with Gasteiger partial charge in [-0.1, -0.05) is 24.3 Å². The van der Waals surface area contributed by atoms with Crippen LogP contribution in [0, 0.1) is 0 Å². The number of amides is 2. The molecule has 138 valence electrons. The van der Waals surface area contributed by atoms with Crippen LogP contribution in [0.5, 0.6) is 0 Å². The summed E-state index contributed by atoms with van der Waals surface area (Å²) in [6, 6.07) is 15.1. The molecule has 1 aliphatic carbocycles. The number of nitrogens with zero attached hydrogens (tertiary/aromatic N) is 1. The van der Waals surface area contributed by atoms with Crippen molar-refractivity contribution in [2.24, 2.45) is 7.05 Å². The van der Waals surface area contributed by atoms with E-state index in [1.165, 1.54) is 0 Å². The molecular weight excluding hydrogens is 342 g/mol. The summed E-state index contributed by atoms with van der Waals surface area (Å²) < 4.78 is 1.91. The van der Waals surface area contributed by atoms with Crippen molar-refractivity contribution in [3.63, 3.8) is 0 Å². The van der Waals surface area contributed by atoms with E-state index in [1.807, 2.05) is 48.0 Å². The molecule has 0 spiro atoms. The van der Waals surface area contributed by atoms with E-state index in [0.717, 1.165) is 41.3 Å². The molecule has 4 rings (SSSR count).